The molecule has 0 saturated carbocycles. The molecule has 4 heterocycles. The van der Waals surface area contributed by atoms with Crippen LogP contribution < -0.4 is 20.8 Å². The van der Waals surface area contributed by atoms with Crippen molar-refractivity contribution in [1.82, 2.24) is 25.9 Å². The van der Waals surface area contributed by atoms with Crippen LogP contribution in [0.5, 0.6) is 0 Å². The van der Waals surface area contributed by atoms with Crippen LogP contribution >= 0.6 is 34.9 Å². The number of carboxylic acid groups (broad SMARTS) is 1. The summed E-state index contributed by atoms with van der Waals surface area (Å²) in [4.78, 5) is 52.1. The van der Waals surface area contributed by atoms with E-state index >= 15 is 0 Å². The average Bonchev–Trinajstić information content (AvgIpc) is 3.43. The van der Waals surface area contributed by atoms with Gasteiger partial charge in [-0.3, -0.25) is 14.5 Å². The van der Waals surface area contributed by atoms with Crippen molar-refractivity contribution in [3.63, 3.8) is 0 Å². The van der Waals surface area contributed by atoms with Crippen LogP contribution in [0.4, 0.5) is 18.0 Å². The smallest absolute Gasteiger partial charge is 0.405 e. The van der Waals surface area contributed by atoms with Crippen LogP contribution in [0.25, 0.3) is 0 Å². The molecular weight excluding hydrogens is 597 g/mol. The van der Waals surface area contributed by atoms with Gasteiger partial charge in [0.25, 0.3) is 5.91 Å². The van der Waals surface area contributed by atoms with Gasteiger partial charge >= 0.3 is 18.2 Å². The molecule has 4 rings (SSSR count). The van der Waals surface area contributed by atoms with Crippen molar-refractivity contribution >= 4 is 58.7 Å². The number of halogens is 3. The molecule has 0 radical (unpaired) electrons. The van der Waals surface area contributed by atoms with Crippen molar-refractivity contribution in [2.75, 3.05) is 18.1 Å². The maximum absolute atomic E-state index is 13.1. The van der Waals surface area contributed by atoms with Crippen molar-refractivity contribution < 1.29 is 42.3 Å². The first kappa shape index (κ1) is 29.5. The number of aryl methyl sites for hydroxylation is 1. The number of hydrogen-bond acceptors (Lipinski definition) is 9. The molecule has 12 nitrogen and oxygen atoms in total. The summed E-state index contributed by atoms with van der Waals surface area (Å²) in [7, 11) is 0. The number of aromatic nitrogens is 2. The lowest BCUT2D eigenvalue weighted by Gasteiger charge is -2.49. The summed E-state index contributed by atoms with van der Waals surface area (Å²) in [5.41, 5.74) is 0.591. The number of nitrogens with zero attached hydrogens (tertiary/aromatic N) is 3. The second kappa shape index (κ2) is 11.9. The van der Waals surface area contributed by atoms with Crippen LogP contribution in [0.15, 0.2) is 45.9 Å². The molecular formula is C22H21F3N6O6S3. The molecule has 2 aliphatic rings. The third-order valence-corrected chi connectivity index (χ3v) is 9.00. The Morgan fingerprint density at radius 2 is 2.08 bits per heavy atom. The zero-order valence-corrected chi connectivity index (χ0v) is 22.9. The summed E-state index contributed by atoms with van der Waals surface area (Å²) in [5, 5.41) is 33.0. The Hall–Kier alpha value is -3.51. The van der Waals surface area contributed by atoms with E-state index in [0.717, 1.165) is 28.0 Å². The van der Waals surface area contributed by atoms with Crippen LogP contribution in [0, 0.1) is 12.1 Å². The predicted octanol–water partition coefficient (Wildman–Crippen LogP) is 1.52. The standard InChI is InChI=1S/C22H21F3N6O6S3/c1-10-4-5-13(29-31(10)37)39-7-11-8-40-19-15(18(33)30(19)16(11)20(34)35)27-17(32)14(12-3-2-6-38-12)28-21(36)26-9-22(23,24)25/h2-6,14-15,19H,7-9H2,1H3,(H,27,32)(H,34,35)(H2,26,28,36)/t14?,15-,19?/m1/s1. The number of nitrogens with one attached hydrogen (secondary N) is 3. The Labute approximate surface area is 236 Å². The zero-order valence-electron chi connectivity index (χ0n) is 20.4. The number of alkyl halides is 3. The summed E-state index contributed by atoms with van der Waals surface area (Å²) in [6.07, 6.45) is -4.65. The van der Waals surface area contributed by atoms with Crippen LogP contribution in [0.1, 0.15) is 16.6 Å². The fourth-order valence-corrected chi connectivity index (χ4v) is 6.92. The molecule has 2 aromatic heterocycles. The number of thioether (sulfide) groups is 2. The maximum atomic E-state index is 13.1. The summed E-state index contributed by atoms with van der Waals surface area (Å²) >= 11 is 3.42. The largest absolute Gasteiger partial charge is 0.594 e. The number of carbonyl (C=O) groups is 4. The minimum Gasteiger partial charge on any atom is -0.594 e. The number of β-lactam (4-membered cyclic amide) rings is 1. The highest BCUT2D eigenvalue weighted by Crippen LogP contribution is 2.41. The molecule has 0 bridgehead atoms. The van der Waals surface area contributed by atoms with Gasteiger partial charge in [0.05, 0.1) is 0 Å². The van der Waals surface area contributed by atoms with Crippen molar-refractivity contribution in [1.29, 1.82) is 0 Å². The Morgan fingerprint density at radius 3 is 2.70 bits per heavy atom. The molecule has 2 aromatic rings. The summed E-state index contributed by atoms with van der Waals surface area (Å²) < 4.78 is 37.4. The summed E-state index contributed by atoms with van der Waals surface area (Å²) in [6, 6.07) is 2.52. The van der Waals surface area contributed by atoms with Gasteiger partial charge < -0.3 is 26.3 Å². The Balaban J connectivity index is 1.44. The number of hydrogen-bond donors (Lipinski definition) is 4. The second-order valence-electron chi connectivity index (χ2n) is 8.52. The van der Waals surface area contributed by atoms with E-state index in [1.807, 2.05) is 0 Å². The Kier molecular flexibility index (Phi) is 8.79. The van der Waals surface area contributed by atoms with Gasteiger partial charge in [-0.2, -0.15) is 13.2 Å². The fraction of sp³-hybridized carbons (Fsp3) is 0.364. The summed E-state index contributed by atoms with van der Waals surface area (Å²) in [5.74, 6) is -2.51. The first-order valence-electron chi connectivity index (χ1n) is 11.4. The number of urea groups is 1. The van der Waals surface area contributed by atoms with Crippen molar-refractivity contribution in [2.45, 2.75) is 35.6 Å². The van der Waals surface area contributed by atoms with Gasteiger partial charge in [0.15, 0.2) is 5.03 Å². The number of aliphatic carboxylic acids is 1. The van der Waals surface area contributed by atoms with E-state index in [0.29, 0.717) is 26.0 Å². The van der Waals surface area contributed by atoms with Gasteiger partial charge in [-0.15, -0.1) is 23.1 Å². The van der Waals surface area contributed by atoms with E-state index in [2.05, 4.69) is 15.7 Å². The first-order chi connectivity index (χ1) is 18.9. The topological polar surface area (TPSA) is 168 Å². The molecule has 18 heteroatoms. The molecule has 214 valence electrons. The zero-order chi connectivity index (χ0) is 29.2. The van der Waals surface area contributed by atoms with Gasteiger partial charge in [-0.1, -0.05) is 22.7 Å². The number of fused-ring (bicyclic) bond motifs is 1. The third-order valence-electron chi connectivity index (χ3n) is 5.71. The number of carboxylic acids is 1. The maximum Gasteiger partial charge on any atom is 0.405 e. The monoisotopic (exact) mass is 618 g/mol. The normalized spacial score (nSPS) is 19.4. The fourth-order valence-electron chi connectivity index (χ4n) is 3.81. The van der Waals surface area contributed by atoms with Crippen molar-refractivity contribution in [3.05, 3.63) is 56.7 Å². The molecule has 1 saturated heterocycles. The molecule has 0 aliphatic carbocycles. The highest BCUT2D eigenvalue weighted by molar-refractivity contribution is 8.01. The van der Waals surface area contributed by atoms with E-state index in [1.54, 1.807) is 35.8 Å². The number of rotatable bonds is 9. The van der Waals surface area contributed by atoms with E-state index in [1.165, 1.54) is 17.8 Å². The lowest BCUT2D eigenvalue weighted by atomic mass is 10.0. The Bertz CT molecular complexity index is 1360. The van der Waals surface area contributed by atoms with Crippen molar-refractivity contribution in [3.8, 4) is 0 Å². The van der Waals surface area contributed by atoms with Gasteiger partial charge in [0, 0.05) is 34.5 Å². The quantitative estimate of drug-likeness (QED) is 0.141. The van der Waals surface area contributed by atoms with Gasteiger partial charge in [0.2, 0.25) is 11.6 Å². The second-order valence-corrected chi connectivity index (χ2v) is 11.6. The minimum atomic E-state index is -4.65. The SMILES string of the molecule is Cc1ccc(SCC2=C(C(=O)O)N3C(=O)[C@@H](NC(=O)C(NC(=O)NCC(F)(F)F)c4cccs4)C3SC2)n[n+]1[O-]. The number of amides is 4. The number of thiophene rings is 1. The van der Waals surface area contributed by atoms with Crippen molar-refractivity contribution in [2.24, 2.45) is 0 Å². The van der Waals surface area contributed by atoms with E-state index in [4.69, 9.17) is 0 Å². The van der Waals surface area contributed by atoms with E-state index in [9.17, 15) is 42.7 Å². The Morgan fingerprint density at radius 1 is 1.32 bits per heavy atom. The van der Waals surface area contributed by atoms with E-state index < -0.39 is 54.0 Å². The molecule has 40 heavy (non-hydrogen) atoms. The van der Waals surface area contributed by atoms with Crippen LogP contribution in [0.2, 0.25) is 0 Å². The van der Waals surface area contributed by atoms with Crippen LogP contribution in [-0.4, -0.2) is 74.6 Å². The van der Waals surface area contributed by atoms with Gasteiger partial charge in [-0.05, 0) is 23.1 Å². The predicted molar refractivity (Wildman–Crippen MR) is 138 cm³/mol. The molecule has 4 N–H and O–H groups in total. The summed E-state index contributed by atoms with van der Waals surface area (Å²) in [6.45, 7) is -0.0162. The molecule has 2 aliphatic heterocycles. The van der Waals surface area contributed by atoms with Gasteiger partial charge in [0.1, 0.15) is 29.7 Å². The molecule has 3 atom stereocenters. The lowest BCUT2D eigenvalue weighted by molar-refractivity contribution is -0.679. The first-order valence-corrected chi connectivity index (χ1v) is 14.3. The highest BCUT2D eigenvalue weighted by atomic mass is 32.2. The molecule has 0 aromatic carbocycles. The molecule has 1 fully saturated rings. The molecule has 0 spiro atoms. The number of carbonyl (C=O) groups excluding carboxylic acids is 3. The van der Waals surface area contributed by atoms with Crippen LogP contribution in [-0.2, 0) is 14.4 Å². The molecule has 2 unspecified atom stereocenters. The lowest BCUT2D eigenvalue weighted by Crippen LogP contribution is -2.71. The van der Waals surface area contributed by atoms with Gasteiger partial charge in [-0.25, -0.2) is 9.59 Å². The third kappa shape index (κ3) is 6.61. The molecule has 4 amide bonds. The minimum absolute atomic E-state index is 0.148. The van der Waals surface area contributed by atoms with E-state index in [-0.39, 0.29) is 17.2 Å². The van der Waals surface area contributed by atoms with Crippen LogP contribution in [0.3, 0.4) is 0 Å². The average molecular weight is 619 g/mol. The highest BCUT2D eigenvalue weighted by Gasteiger charge is 2.54.